The molecule has 8 heteroatoms. The summed E-state index contributed by atoms with van der Waals surface area (Å²) in [5.74, 6) is 0.428. The Labute approximate surface area is 138 Å². The largest absolute Gasteiger partial charge is 0.301 e. The average Bonchev–Trinajstić information content (AvgIpc) is 2.55. The quantitative estimate of drug-likeness (QED) is 0.488. The van der Waals surface area contributed by atoms with E-state index in [4.69, 9.17) is 0 Å². The molecule has 0 fully saturated rings. The Morgan fingerprint density at radius 3 is 2.25 bits per heavy atom. The molecular weight excluding hydrogens is 312 g/mol. The molecule has 0 heterocycles. The van der Waals surface area contributed by atoms with Gasteiger partial charge in [-0.3, -0.25) is 25.7 Å². The van der Waals surface area contributed by atoms with E-state index in [2.05, 4.69) is 24.4 Å². The highest BCUT2D eigenvalue weighted by Gasteiger charge is 2.18. The summed E-state index contributed by atoms with van der Waals surface area (Å²) in [4.78, 5) is 20.3. The van der Waals surface area contributed by atoms with Gasteiger partial charge < -0.3 is 0 Å². The van der Waals surface area contributed by atoms with Crippen LogP contribution in [0.15, 0.2) is 47.6 Å². The second kappa shape index (κ2) is 7.32. The van der Waals surface area contributed by atoms with Crippen molar-refractivity contribution in [3.05, 3.63) is 73.8 Å². The minimum Gasteiger partial charge on any atom is -0.272 e. The molecule has 0 bridgehead atoms. The lowest BCUT2D eigenvalue weighted by atomic mass is 10.0. The van der Waals surface area contributed by atoms with Gasteiger partial charge in [0, 0.05) is 6.07 Å². The van der Waals surface area contributed by atoms with Gasteiger partial charge in [-0.1, -0.05) is 38.1 Å². The Morgan fingerprint density at radius 1 is 1.04 bits per heavy atom. The molecule has 0 aliphatic heterocycles. The van der Waals surface area contributed by atoms with E-state index in [9.17, 15) is 20.2 Å². The SMILES string of the molecule is CC(C)c1ccc(C=NNc2ccc([N+](=O)[O-])cc2[N+](=O)[O-])cc1. The zero-order chi connectivity index (χ0) is 17.7. The van der Waals surface area contributed by atoms with Crippen LogP contribution in [0.3, 0.4) is 0 Å². The maximum Gasteiger partial charge on any atom is 0.301 e. The molecule has 0 atom stereocenters. The van der Waals surface area contributed by atoms with Gasteiger partial charge in [0.2, 0.25) is 0 Å². The van der Waals surface area contributed by atoms with Crippen molar-refractivity contribution in [2.75, 3.05) is 5.43 Å². The molecule has 2 aromatic rings. The number of anilines is 1. The Hall–Kier alpha value is -3.29. The summed E-state index contributed by atoms with van der Waals surface area (Å²) in [5.41, 5.74) is 3.91. The highest BCUT2D eigenvalue weighted by atomic mass is 16.6. The van der Waals surface area contributed by atoms with Gasteiger partial charge >= 0.3 is 5.69 Å². The average molecular weight is 328 g/mol. The number of benzene rings is 2. The van der Waals surface area contributed by atoms with Gasteiger partial charge in [0.1, 0.15) is 5.69 Å². The smallest absolute Gasteiger partial charge is 0.272 e. The van der Waals surface area contributed by atoms with E-state index in [0.717, 1.165) is 11.6 Å². The first kappa shape index (κ1) is 17.1. The number of hydrogen-bond donors (Lipinski definition) is 1. The first-order valence-corrected chi connectivity index (χ1v) is 7.20. The van der Waals surface area contributed by atoms with Gasteiger partial charge in [-0.05, 0) is 23.1 Å². The van der Waals surface area contributed by atoms with Gasteiger partial charge in [-0.25, -0.2) is 0 Å². The van der Waals surface area contributed by atoms with E-state index < -0.39 is 15.5 Å². The molecule has 24 heavy (non-hydrogen) atoms. The summed E-state index contributed by atoms with van der Waals surface area (Å²) in [5, 5.41) is 25.7. The summed E-state index contributed by atoms with van der Waals surface area (Å²) in [6.07, 6.45) is 1.52. The van der Waals surface area contributed by atoms with E-state index >= 15 is 0 Å². The fraction of sp³-hybridized carbons (Fsp3) is 0.188. The summed E-state index contributed by atoms with van der Waals surface area (Å²) in [7, 11) is 0. The summed E-state index contributed by atoms with van der Waals surface area (Å²) < 4.78 is 0. The number of nitrogens with zero attached hydrogens (tertiary/aromatic N) is 3. The molecular formula is C16H16N4O4. The van der Waals surface area contributed by atoms with Crippen LogP contribution >= 0.6 is 0 Å². The zero-order valence-electron chi connectivity index (χ0n) is 13.2. The van der Waals surface area contributed by atoms with Crippen LogP contribution in [0.1, 0.15) is 30.9 Å². The van der Waals surface area contributed by atoms with Crippen LogP contribution < -0.4 is 5.43 Å². The highest BCUT2D eigenvalue weighted by Crippen LogP contribution is 2.28. The maximum atomic E-state index is 11.0. The zero-order valence-corrected chi connectivity index (χ0v) is 13.2. The van der Waals surface area contributed by atoms with Crippen molar-refractivity contribution < 1.29 is 9.85 Å². The number of nitrogens with one attached hydrogen (secondary N) is 1. The molecule has 2 rings (SSSR count). The van der Waals surface area contributed by atoms with Crippen LogP contribution in [0.2, 0.25) is 0 Å². The van der Waals surface area contributed by atoms with Gasteiger partial charge in [0.15, 0.2) is 0 Å². The van der Waals surface area contributed by atoms with E-state index in [1.165, 1.54) is 23.9 Å². The van der Waals surface area contributed by atoms with E-state index in [1.54, 1.807) is 0 Å². The Kier molecular flexibility index (Phi) is 5.20. The number of hydrazone groups is 1. The molecule has 8 nitrogen and oxygen atoms in total. The van der Waals surface area contributed by atoms with Gasteiger partial charge in [-0.15, -0.1) is 0 Å². The van der Waals surface area contributed by atoms with E-state index in [0.29, 0.717) is 5.92 Å². The number of rotatable bonds is 6. The van der Waals surface area contributed by atoms with Gasteiger partial charge in [-0.2, -0.15) is 5.10 Å². The van der Waals surface area contributed by atoms with Gasteiger partial charge in [0.25, 0.3) is 5.69 Å². The monoisotopic (exact) mass is 328 g/mol. The van der Waals surface area contributed by atoms with Gasteiger partial charge in [0.05, 0.1) is 22.1 Å². The Balaban J connectivity index is 2.16. The predicted molar refractivity (Wildman–Crippen MR) is 91.5 cm³/mol. The molecule has 0 aliphatic rings. The number of non-ortho nitro benzene ring substituents is 1. The molecule has 0 radical (unpaired) electrons. The number of nitro groups is 2. The third-order valence-electron chi connectivity index (χ3n) is 3.39. The molecule has 0 saturated carbocycles. The molecule has 0 saturated heterocycles. The highest BCUT2D eigenvalue weighted by molar-refractivity contribution is 5.80. The van der Waals surface area contributed by atoms with Crippen molar-refractivity contribution in [2.24, 2.45) is 5.10 Å². The topological polar surface area (TPSA) is 111 Å². The Morgan fingerprint density at radius 2 is 1.71 bits per heavy atom. The van der Waals surface area contributed by atoms with Crippen LogP contribution in [0, 0.1) is 20.2 Å². The summed E-state index contributed by atoms with van der Waals surface area (Å²) in [6, 6.07) is 11.1. The van der Waals surface area contributed by atoms with Crippen LogP contribution in [0.4, 0.5) is 17.1 Å². The minimum absolute atomic E-state index is 0.0839. The predicted octanol–water partition coefficient (Wildman–Crippen LogP) is 4.07. The number of hydrogen-bond acceptors (Lipinski definition) is 6. The minimum atomic E-state index is -0.692. The van der Waals surface area contributed by atoms with Crippen LogP contribution in [0.25, 0.3) is 0 Å². The lowest BCUT2D eigenvalue weighted by Crippen LogP contribution is -1.98. The molecule has 0 unspecified atom stereocenters. The lowest BCUT2D eigenvalue weighted by Gasteiger charge is -2.05. The third kappa shape index (κ3) is 4.13. The second-order valence-corrected chi connectivity index (χ2v) is 5.41. The van der Waals surface area contributed by atoms with Crippen molar-refractivity contribution in [1.29, 1.82) is 0 Å². The van der Waals surface area contributed by atoms with E-state index in [1.807, 2.05) is 24.3 Å². The van der Waals surface area contributed by atoms with Crippen molar-refractivity contribution >= 4 is 23.3 Å². The standard InChI is InChI=1S/C16H16N4O4/c1-11(2)13-5-3-12(4-6-13)10-17-18-15-8-7-14(19(21)22)9-16(15)20(23)24/h3-11,18H,1-2H3. The van der Waals surface area contributed by atoms with Crippen molar-refractivity contribution in [3.8, 4) is 0 Å². The van der Waals surface area contributed by atoms with E-state index in [-0.39, 0.29) is 11.4 Å². The fourth-order valence-electron chi connectivity index (χ4n) is 2.02. The summed E-state index contributed by atoms with van der Waals surface area (Å²) >= 11 is 0. The van der Waals surface area contributed by atoms with Crippen LogP contribution in [0.5, 0.6) is 0 Å². The number of nitro benzene ring substituents is 2. The molecule has 0 spiro atoms. The van der Waals surface area contributed by atoms with Crippen LogP contribution in [-0.2, 0) is 0 Å². The molecule has 2 aromatic carbocycles. The van der Waals surface area contributed by atoms with Crippen molar-refractivity contribution in [1.82, 2.24) is 0 Å². The molecule has 0 aliphatic carbocycles. The van der Waals surface area contributed by atoms with Crippen molar-refractivity contribution in [3.63, 3.8) is 0 Å². The fourth-order valence-corrected chi connectivity index (χ4v) is 2.02. The third-order valence-corrected chi connectivity index (χ3v) is 3.39. The second-order valence-electron chi connectivity index (χ2n) is 5.41. The molecule has 124 valence electrons. The normalized spacial score (nSPS) is 11.0. The first-order valence-electron chi connectivity index (χ1n) is 7.20. The van der Waals surface area contributed by atoms with Crippen LogP contribution in [-0.4, -0.2) is 16.1 Å². The lowest BCUT2D eigenvalue weighted by molar-refractivity contribution is -0.393. The molecule has 0 aromatic heterocycles. The molecule has 0 amide bonds. The van der Waals surface area contributed by atoms with Crippen molar-refractivity contribution in [2.45, 2.75) is 19.8 Å². The summed E-state index contributed by atoms with van der Waals surface area (Å²) in [6.45, 7) is 4.19. The first-order chi connectivity index (χ1) is 11.4. The Bertz CT molecular complexity index is 785. The maximum absolute atomic E-state index is 11.0. The molecule has 1 N–H and O–H groups in total.